The van der Waals surface area contributed by atoms with Crippen LogP contribution in [0.1, 0.15) is 29.6 Å². The molecule has 158 valence electrons. The summed E-state index contributed by atoms with van der Waals surface area (Å²) in [4.78, 5) is 39.6. The molecule has 0 saturated carbocycles. The average molecular weight is 409 g/mol. The van der Waals surface area contributed by atoms with E-state index in [4.69, 9.17) is 4.74 Å². The van der Waals surface area contributed by atoms with Crippen molar-refractivity contribution in [2.45, 2.75) is 19.3 Å². The molecule has 0 spiro atoms. The Labute approximate surface area is 176 Å². The Morgan fingerprint density at radius 1 is 1.10 bits per heavy atom. The molecule has 0 radical (unpaired) electrons. The molecule has 2 aromatic carbocycles. The number of hydrogen-bond acceptors (Lipinski definition) is 5. The second-order valence-electron chi connectivity index (χ2n) is 7.23. The summed E-state index contributed by atoms with van der Waals surface area (Å²) in [6.07, 6.45) is 2.18. The van der Waals surface area contributed by atoms with Crippen molar-refractivity contribution in [2.75, 3.05) is 43.1 Å². The maximum atomic E-state index is 12.1. The van der Waals surface area contributed by atoms with Gasteiger partial charge in [-0.2, -0.15) is 0 Å². The second kappa shape index (κ2) is 10.4. The molecule has 7 heteroatoms. The molecule has 1 aliphatic heterocycles. The fourth-order valence-corrected chi connectivity index (χ4v) is 3.32. The summed E-state index contributed by atoms with van der Waals surface area (Å²) >= 11 is 0. The van der Waals surface area contributed by atoms with E-state index in [2.05, 4.69) is 10.2 Å². The molecule has 0 aliphatic carbocycles. The minimum Gasteiger partial charge on any atom is -0.452 e. The minimum absolute atomic E-state index is 0.0944. The summed E-state index contributed by atoms with van der Waals surface area (Å²) < 4.78 is 5.08. The first-order valence-electron chi connectivity index (χ1n) is 10.1. The largest absolute Gasteiger partial charge is 0.452 e. The third-order valence-corrected chi connectivity index (χ3v) is 5.01. The Morgan fingerprint density at radius 2 is 1.83 bits per heavy atom. The fraction of sp³-hybridized carbons (Fsp3) is 0.348. The van der Waals surface area contributed by atoms with Crippen molar-refractivity contribution in [3.8, 4) is 0 Å². The predicted molar refractivity (Wildman–Crippen MR) is 116 cm³/mol. The van der Waals surface area contributed by atoms with Crippen LogP contribution in [0.25, 0.3) is 0 Å². The Morgan fingerprint density at radius 3 is 2.50 bits per heavy atom. The predicted octanol–water partition coefficient (Wildman–Crippen LogP) is 2.61. The van der Waals surface area contributed by atoms with E-state index in [0.29, 0.717) is 25.1 Å². The normalized spacial score (nSPS) is 13.2. The zero-order chi connectivity index (χ0) is 21.3. The van der Waals surface area contributed by atoms with Gasteiger partial charge < -0.3 is 19.9 Å². The van der Waals surface area contributed by atoms with E-state index >= 15 is 0 Å². The number of nitrogens with zero attached hydrogens (tertiary/aromatic N) is 2. The lowest BCUT2D eigenvalue weighted by Gasteiger charge is -2.19. The molecule has 1 N–H and O–H groups in total. The number of hydrogen-bond donors (Lipinski definition) is 1. The summed E-state index contributed by atoms with van der Waals surface area (Å²) in [5.41, 5.74) is 2.24. The topological polar surface area (TPSA) is 79.0 Å². The van der Waals surface area contributed by atoms with Crippen LogP contribution < -0.4 is 15.1 Å². The smallest absolute Gasteiger partial charge is 0.338 e. The number of carbonyl (C=O) groups excluding carboxylic acids is 3. The van der Waals surface area contributed by atoms with Gasteiger partial charge in [0, 0.05) is 44.5 Å². The molecular weight excluding hydrogens is 382 g/mol. The SMILES string of the molecule is CN(CCCNC(=O)COC(=O)c1ccc(N2CCCC2=O)cc1)c1ccccc1. The van der Waals surface area contributed by atoms with Crippen LogP contribution >= 0.6 is 0 Å². The highest BCUT2D eigenvalue weighted by Gasteiger charge is 2.21. The molecule has 0 bridgehead atoms. The third kappa shape index (κ3) is 5.83. The lowest BCUT2D eigenvalue weighted by molar-refractivity contribution is -0.124. The zero-order valence-electron chi connectivity index (χ0n) is 17.2. The number of carbonyl (C=O) groups is 3. The van der Waals surface area contributed by atoms with Crippen LogP contribution in [0.4, 0.5) is 11.4 Å². The Bertz CT molecular complexity index is 868. The number of esters is 1. The van der Waals surface area contributed by atoms with Crippen LogP contribution in [0.2, 0.25) is 0 Å². The van der Waals surface area contributed by atoms with E-state index in [1.807, 2.05) is 37.4 Å². The lowest BCUT2D eigenvalue weighted by Crippen LogP contribution is -2.31. The average Bonchev–Trinajstić information content (AvgIpc) is 3.21. The van der Waals surface area contributed by atoms with Gasteiger partial charge in [-0.1, -0.05) is 18.2 Å². The van der Waals surface area contributed by atoms with Crippen LogP contribution in [-0.4, -0.2) is 51.1 Å². The molecule has 3 rings (SSSR count). The van der Waals surface area contributed by atoms with Gasteiger partial charge in [0.15, 0.2) is 6.61 Å². The number of amides is 2. The molecular formula is C23H27N3O4. The van der Waals surface area contributed by atoms with Crippen LogP contribution in [0.5, 0.6) is 0 Å². The molecule has 1 fully saturated rings. The summed E-state index contributed by atoms with van der Waals surface area (Å²) in [6, 6.07) is 16.7. The monoisotopic (exact) mass is 409 g/mol. The van der Waals surface area contributed by atoms with Gasteiger partial charge in [0.2, 0.25) is 5.91 Å². The molecule has 0 atom stereocenters. The van der Waals surface area contributed by atoms with Crippen LogP contribution in [0.3, 0.4) is 0 Å². The van der Waals surface area contributed by atoms with Crippen LogP contribution in [0.15, 0.2) is 54.6 Å². The van der Waals surface area contributed by atoms with Crippen molar-refractivity contribution < 1.29 is 19.1 Å². The maximum absolute atomic E-state index is 12.1. The first-order valence-corrected chi connectivity index (χ1v) is 10.1. The molecule has 2 aromatic rings. The highest BCUT2D eigenvalue weighted by atomic mass is 16.5. The van der Waals surface area contributed by atoms with E-state index in [1.54, 1.807) is 29.2 Å². The summed E-state index contributed by atoms with van der Waals surface area (Å²) in [7, 11) is 2.00. The standard InChI is InChI=1S/C23H27N3O4/c1-25(19-7-3-2-4-8-19)15-6-14-24-21(27)17-30-23(29)18-10-12-20(13-11-18)26-16-5-9-22(26)28/h2-4,7-8,10-13H,5-6,9,14-17H2,1H3,(H,24,27). The number of benzene rings is 2. The van der Waals surface area contributed by atoms with Gasteiger partial charge in [-0.05, 0) is 49.2 Å². The van der Waals surface area contributed by atoms with E-state index in [0.717, 1.165) is 30.8 Å². The van der Waals surface area contributed by atoms with Crippen molar-refractivity contribution in [3.05, 3.63) is 60.2 Å². The van der Waals surface area contributed by atoms with Crippen molar-refractivity contribution in [1.82, 2.24) is 5.32 Å². The Balaban J connectivity index is 1.35. The quantitative estimate of drug-likeness (QED) is 0.509. The van der Waals surface area contributed by atoms with Gasteiger partial charge in [0.05, 0.1) is 5.56 Å². The van der Waals surface area contributed by atoms with Crippen molar-refractivity contribution in [2.24, 2.45) is 0 Å². The summed E-state index contributed by atoms with van der Waals surface area (Å²) in [5, 5.41) is 2.76. The second-order valence-corrected chi connectivity index (χ2v) is 7.23. The van der Waals surface area contributed by atoms with E-state index in [1.165, 1.54) is 0 Å². The molecule has 0 aromatic heterocycles. The molecule has 1 heterocycles. The number of ether oxygens (including phenoxy) is 1. The first-order chi connectivity index (χ1) is 14.5. The molecule has 2 amide bonds. The van der Waals surface area contributed by atoms with E-state index in [-0.39, 0.29) is 18.4 Å². The Kier molecular flexibility index (Phi) is 7.43. The van der Waals surface area contributed by atoms with Gasteiger partial charge in [0.1, 0.15) is 0 Å². The van der Waals surface area contributed by atoms with Gasteiger partial charge in [0.25, 0.3) is 5.91 Å². The highest BCUT2D eigenvalue weighted by Crippen LogP contribution is 2.21. The number of anilines is 2. The Hall–Kier alpha value is -3.35. The van der Waals surface area contributed by atoms with Crippen molar-refractivity contribution in [3.63, 3.8) is 0 Å². The van der Waals surface area contributed by atoms with Crippen molar-refractivity contribution >= 4 is 29.2 Å². The molecule has 1 saturated heterocycles. The number of nitrogens with one attached hydrogen (secondary N) is 1. The number of rotatable bonds is 9. The van der Waals surface area contributed by atoms with Gasteiger partial charge in [-0.25, -0.2) is 4.79 Å². The molecule has 7 nitrogen and oxygen atoms in total. The van der Waals surface area contributed by atoms with Gasteiger partial charge >= 0.3 is 5.97 Å². The lowest BCUT2D eigenvalue weighted by atomic mass is 10.2. The fourth-order valence-electron chi connectivity index (χ4n) is 3.32. The zero-order valence-corrected chi connectivity index (χ0v) is 17.2. The maximum Gasteiger partial charge on any atom is 0.338 e. The summed E-state index contributed by atoms with van der Waals surface area (Å²) in [5.74, 6) is -0.796. The first kappa shape index (κ1) is 21.4. The van der Waals surface area contributed by atoms with Gasteiger partial charge in [-0.3, -0.25) is 9.59 Å². The van der Waals surface area contributed by atoms with Gasteiger partial charge in [-0.15, -0.1) is 0 Å². The minimum atomic E-state index is -0.562. The molecule has 1 aliphatic rings. The molecule has 0 unspecified atom stereocenters. The van der Waals surface area contributed by atoms with E-state index < -0.39 is 5.97 Å². The third-order valence-electron chi connectivity index (χ3n) is 5.01. The van der Waals surface area contributed by atoms with Crippen LogP contribution in [-0.2, 0) is 14.3 Å². The van der Waals surface area contributed by atoms with E-state index in [9.17, 15) is 14.4 Å². The molecule has 30 heavy (non-hydrogen) atoms. The highest BCUT2D eigenvalue weighted by molar-refractivity contribution is 5.96. The number of para-hydroxylation sites is 1. The summed E-state index contributed by atoms with van der Waals surface area (Å²) in [6.45, 7) is 1.69. The van der Waals surface area contributed by atoms with Crippen molar-refractivity contribution in [1.29, 1.82) is 0 Å². The van der Waals surface area contributed by atoms with Crippen LogP contribution in [0, 0.1) is 0 Å².